The quantitative estimate of drug-likeness (QED) is 0.233. The summed E-state index contributed by atoms with van der Waals surface area (Å²) in [6.45, 7) is 5.12. The van der Waals surface area contributed by atoms with E-state index in [0.29, 0.717) is 69.6 Å². The van der Waals surface area contributed by atoms with Gasteiger partial charge in [0.25, 0.3) is 5.91 Å². The summed E-state index contributed by atoms with van der Waals surface area (Å²) in [4.78, 5) is 50.5. The molecule has 1 aromatic rings. The minimum atomic E-state index is -0.803. The summed E-state index contributed by atoms with van der Waals surface area (Å²) >= 11 is 0. The third kappa shape index (κ3) is 6.38. The van der Waals surface area contributed by atoms with Crippen molar-refractivity contribution in [2.24, 2.45) is 34.8 Å². The topological polar surface area (TPSA) is 141 Å². The highest BCUT2D eigenvalue weighted by atomic mass is 19.1. The smallest absolute Gasteiger partial charge is 0.251 e. The van der Waals surface area contributed by atoms with Crippen molar-refractivity contribution in [2.45, 2.75) is 102 Å². The van der Waals surface area contributed by atoms with Crippen molar-refractivity contribution in [2.75, 3.05) is 19.6 Å². The zero-order valence-corrected chi connectivity index (χ0v) is 25.9. The first kappa shape index (κ1) is 31.4. The lowest BCUT2D eigenvalue weighted by Gasteiger charge is -2.61. The van der Waals surface area contributed by atoms with Gasteiger partial charge in [0.1, 0.15) is 5.82 Å². The number of nitrogens with two attached hydrogens (primary N) is 1. The largest absolute Gasteiger partial charge is 0.356 e. The lowest BCUT2D eigenvalue weighted by atomic mass is 9.47. The van der Waals surface area contributed by atoms with Crippen molar-refractivity contribution in [3.05, 3.63) is 35.6 Å². The van der Waals surface area contributed by atoms with Gasteiger partial charge in [0.2, 0.25) is 23.4 Å². The van der Waals surface area contributed by atoms with Crippen LogP contribution in [-0.2, 0) is 24.1 Å². The van der Waals surface area contributed by atoms with Gasteiger partial charge in [0, 0.05) is 61.8 Å². The van der Waals surface area contributed by atoms with Crippen LogP contribution in [0.5, 0.6) is 0 Å². The van der Waals surface area contributed by atoms with Crippen LogP contribution in [0.15, 0.2) is 24.3 Å². The van der Waals surface area contributed by atoms with Crippen LogP contribution in [0.3, 0.4) is 0 Å². The van der Waals surface area contributed by atoms with E-state index in [9.17, 15) is 18.8 Å². The Balaban J connectivity index is 0.978. The number of carbonyl (C=O) groups is 3. The van der Waals surface area contributed by atoms with Crippen molar-refractivity contribution >= 4 is 17.7 Å². The molecule has 7 rings (SSSR count). The van der Waals surface area contributed by atoms with Crippen LogP contribution >= 0.6 is 0 Å². The summed E-state index contributed by atoms with van der Waals surface area (Å²) < 4.78 is 20.0. The Kier molecular flexibility index (Phi) is 8.53. The highest BCUT2D eigenvalue weighted by Gasteiger charge is 2.71. The summed E-state index contributed by atoms with van der Waals surface area (Å²) in [5.74, 6) is -1.18. The van der Waals surface area contributed by atoms with Crippen LogP contribution in [0.4, 0.5) is 4.39 Å². The average Bonchev–Trinajstić information content (AvgIpc) is 3.35. The predicted molar refractivity (Wildman–Crippen MR) is 159 cm³/mol. The van der Waals surface area contributed by atoms with Gasteiger partial charge in [-0.25, -0.2) is 4.39 Å². The van der Waals surface area contributed by atoms with Crippen molar-refractivity contribution in [3.63, 3.8) is 0 Å². The van der Waals surface area contributed by atoms with E-state index in [1.807, 2.05) is 13.8 Å². The fraction of sp³-hybridized carbons (Fsp3) is 0.727. The van der Waals surface area contributed by atoms with Crippen molar-refractivity contribution in [3.8, 4) is 0 Å². The molecule has 5 saturated carbocycles. The van der Waals surface area contributed by atoms with Gasteiger partial charge < -0.3 is 26.4 Å². The van der Waals surface area contributed by atoms with E-state index in [2.05, 4.69) is 16.0 Å². The van der Waals surface area contributed by atoms with E-state index in [1.165, 1.54) is 24.3 Å². The van der Waals surface area contributed by atoms with Crippen LogP contribution in [0.25, 0.3) is 0 Å². The third-order valence-electron chi connectivity index (χ3n) is 10.6. The molecule has 4 bridgehead atoms. The van der Waals surface area contributed by atoms with Gasteiger partial charge in [-0.2, -0.15) is 9.78 Å². The number of benzene rings is 1. The molecule has 1 saturated heterocycles. The molecule has 1 aliphatic heterocycles. The summed E-state index contributed by atoms with van der Waals surface area (Å²) in [7, 11) is 0. The molecule has 11 heteroatoms. The first-order valence-corrected chi connectivity index (χ1v) is 16.3. The van der Waals surface area contributed by atoms with Gasteiger partial charge in [-0.1, -0.05) is 0 Å². The van der Waals surface area contributed by atoms with Crippen molar-refractivity contribution < 1.29 is 33.3 Å². The number of nitrogens with one attached hydrogen (secondary N) is 3. The Hall–Kier alpha value is -2.60. The van der Waals surface area contributed by atoms with Crippen LogP contribution in [-0.4, -0.2) is 54.5 Å². The van der Waals surface area contributed by atoms with Gasteiger partial charge in [0.15, 0.2) is 0 Å². The molecule has 5 N–H and O–H groups in total. The maximum absolute atomic E-state index is 13.6. The van der Waals surface area contributed by atoms with E-state index in [-0.39, 0.29) is 41.3 Å². The first-order chi connectivity index (χ1) is 20.9. The minimum absolute atomic E-state index is 0.0322. The molecule has 3 amide bonds. The summed E-state index contributed by atoms with van der Waals surface area (Å²) in [6.07, 6.45) is 8.36. The Morgan fingerprint density at radius 2 is 1.61 bits per heavy atom. The number of amides is 3. The number of hydrogen-bond donors (Lipinski definition) is 4. The fourth-order valence-corrected chi connectivity index (χ4v) is 8.52. The van der Waals surface area contributed by atoms with Crippen LogP contribution in [0, 0.1) is 34.9 Å². The summed E-state index contributed by atoms with van der Waals surface area (Å²) in [6, 6.07) is 5.43. The van der Waals surface area contributed by atoms with Crippen LogP contribution in [0.2, 0.25) is 0 Å². The van der Waals surface area contributed by atoms with Crippen molar-refractivity contribution in [1.82, 2.24) is 16.0 Å². The molecule has 44 heavy (non-hydrogen) atoms. The van der Waals surface area contributed by atoms with Gasteiger partial charge >= 0.3 is 0 Å². The molecule has 1 aromatic carbocycles. The normalized spacial score (nSPS) is 35.6. The number of ether oxygens (including phenoxy) is 1. The molecule has 0 aromatic heterocycles. The lowest BCUT2D eigenvalue weighted by Crippen LogP contribution is -2.65. The number of rotatable bonds is 10. The van der Waals surface area contributed by atoms with E-state index in [1.54, 1.807) is 0 Å². The van der Waals surface area contributed by atoms with Gasteiger partial charge in [0.05, 0.1) is 5.41 Å². The summed E-state index contributed by atoms with van der Waals surface area (Å²) in [5, 5.41) is 8.91. The number of halogens is 1. The molecule has 0 radical (unpaired) electrons. The second kappa shape index (κ2) is 12.0. The Morgan fingerprint density at radius 3 is 2.27 bits per heavy atom. The number of carbonyl (C=O) groups excluding carboxylic acids is 3. The second-order valence-corrected chi connectivity index (χ2v) is 14.8. The fourth-order valence-electron chi connectivity index (χ4n) is 8.52. The molecular weight excluding hydrogens is 567 g/mol. The molecule has 0 unspecified atom stereocenters. The molecule has 6 fully saturated rings. The zero-order chi connectivity index (χ0) is 31.2. The standard InChI is InChI=1S/C33H47FN4O6/c1-30(2,35)20-38-27(39)16-21-8-10-32(11-9-21)42-33(44-43-32)24-14-22-15-25(33)19-31(17-22,18-24)29(41)37-13-3-12-36-28(40)23-4-6-26(34)7-5-23/h4-7,21-22,24-25H,3,8-20,35H2,1-2H3,(H,36,40)(H,37,41)(H,38,39)/t21?,22-,24-,25+,31-,32?,33+. The highest BCUT2D eigenvalue weighted by Crippen LogP contribution is 2.67. The Morgan fingerprint density at radius 1 is 0.955 bits per heavy atom. The minimum Gasteiger partial charge on any atom is -0.356 e. The SMILES string of the molecule is CC(C)(N)CNC(=O)CC1CCC2(CC1)OO[C@@]1(O2)[C@@H]2C[C@@H]3C[C@H]1C[C@@](C(=O)NCCCNC(=O)c1ccc(F)cc1)(C3)C2. The van der Waals surface area contributed by atoms with Gasteiger partial charge in [-0.3, -0.25) is 14.4 Å². The van der Waals surface area contributed by atoms with Gasteiger partial charge in [-0.15, -0.1) is 0 Å². The molecule has 6 aliphatic rings. The van der Waals surface area contributed by atoms with E-state index in [4.69, 9.17) is 20.2 Å². The molecule has 242 valence electrons. The average molecular weight is 615 g/mol. The summed E-state index contributed by atoms with van der Waals surface area (Å²) in [5.41, 5.74) is 5.54. The van der Waals surface area contributed by atoms with Crippen LogP contribution < -0.4 is 21.7 Å². The van der Waals surface area contributed by atoms with E-state index in [0.717, 1.165) is 32.1 Å². The first-order valence-electron chi connectivity index (χ1n) is 16.3. The predicted octanol–water partition coefficient (Wildman–Crippen LogP) is 3.69. The highest BCUT2D eigenvalue weighted by molar-refractivity contribution is 5.94. The van der Waals surface area contributed by atoms with Crippen LogP contribution in [0.1, 0.15) is 94.8 Å². The Bertz CT molecular complexity index is 1230. The second-order valence-electron chi connectivity index (χ2n) is 14.8. The van der Waals surface area contributed by atoms with E-state index < -0.39 is 22.5 Å². The number of hydrogen-bond acceptors (Lipinski definition) is 7. The molecular formula is C33H47FN4O6. The third-order valence-corrected chi connectivity index (χ3v) is 10.6. The lowest BCUT2D eigenvalue weighted by molar-refractivity contribution is -0.393. The molecule has 5 aliphatic carbocycles. The Labute approximate surface area is 258 Å². The monoisotopic (exact) mass is 614 g/mol. The molecule has 1 heterocycles. The molecule has 10 nitrogen and oxygen atoms in total. The zero-order valence-electron chi connectivity index (χ0n) is 25.9. The van der Waals surface area contributed by atoms with Gasteiger partial charge in [-0.05, 0) is 101 Å². The maximum Gasteiger partial charge on any atom is 0.251 e. The van der Waals surface area contributed by atoms with Crippen molar-refractivity contribution in [1.29, 1.82) is 0 Å². The molecule has 5 atom stereocenters. The maximum atomic E-state index is 13.6. The molecule has 2 spiro atoms. The van der Waals surface area contributed by atoms with E-state index >= 15 is 0 Å².